The Morgan fingerprint density at radius 2 is 1.37 bits per heavy atom. The summed E-state index contributed by atoms with van der Waals surface area (Å²) < 4.78 is 11.1. The van der Waals surface area contributed by atoms with Gasteiger partial charge in [0.15, 0.2) is 5.78 Å². The standard InChI is InChI=1S/C54H74N4O6.Mg/c1-12-38-34(7)42-27-46-40(29-59)36(9)41(56-46)26-43-35(8)39(51(57-43)49-50(54(62)63-11)53(61)48-37(10)44(58-52(48)49)28-45(38)55-42)22-23-47(60)64-25-24-33(6)21-15-20-32(5)19-14-18-31(4)17-13-16-30(2)3;/h26-33,35,39,50H,12-25H2,1-11H3,(H2-2,55,56,57,58,59,61);/q-2;+2/p-2/b43-26-;/t31-,32-,33-,35+,39+,50-;/m1./s1. The summed E-state index contributed by atoms with van der Waals surface area (Å²) in [5.41, 5.74) is 8.00. The number of fused-ring (bicyclic) bond motifs is 7. The summed E-state index contributed by atoms with van der Waals surface area (Å²) in [5, 5.41) is 6.62. The molecular formula is C54H72MgN4O6-2. The zero-order chi connectivity index (χ0) is 46.4. The van der Waals surface area contributed by atoms with Crippen LogP contribution in [0.5, 0.6) is 0 Å². The Hall–Kier alpha value is -4.09. The van der Waals surface area contributed by atoms with Crippen molar-refractivity contribution in [3.63, 3.8) is 0 Å². The van der Waals surface area contributed by atoms with Gasteiger partial charge < -0.3 is 29.7 Å². The van der Waals surface area contributed by atoms with Gasteiger partial charge in [0, 0.05) is 17.5 Å². The second kappa shape index (κ2) is 23.1. The van der Waals surface area contributed by atoms with Crippen LogP contribution in [0.15, 0.2) is 11.4 Å². The third-order valence-electron chi connectivity index (χ3n) is 14.5. The predicted octanol–water partition coefficient (Wildman–Crippen LogP) is 9.61. The van der Waals surface area contributed by atoms with Gasteiger partial charge in [0.2, 0.25) is 0 Å². The van der Waals surface area contributed by atoms with E-state index in [2.05, 4.69) is 41.5 Å². The molecule has 0 N–H and O–H groups in total. The van der Waals surface area contributed by atoms with Crippen LogP contribution in [0.3, 0.4) is 0 Å². The van der Waals surface area contributed by atoms with Crippen molar-refractivity contribution in [2.75, 3.05) is 13.7 Å². The molecular weight excluding hydrogens is 825 g/mol. The second-order valence-electron chi connectivity index (χ2n) is 19.8. The third kappa shape index (κ3) is 11.7. The number of nitrogens with zero attached hydrogens (tertiary/aromatic N) is 4. The first-order chi connectivity index (χ1) is 30.6. The molecule has 3 aromatic heterocycles. The maximum absolute atomic E-state index is 14.3. The monoisotopic (exact) mass is 897 g/mol. The van der Waals surface area contributed by atoms with Gasteiger partial charge in [-0.15, -0.1) is 33.5 Å². The number of rotatable bonds is 21. The molecule has 0 amide bonds. The number of methoxy groups -OCH3 is 1. The molecule has 0 saturated carbocycles. The third-order valence-corrected chi connectivity index (χ3v) is 14.5. The summed E-state index contributed by atoms with van der Waals surface area (Å²) >= 11 is 0. The van der Waals surface area contributed by atoms with Crippen molar-refractivity contribution < 1.29 is 28.7 Å². The molecule has 8 bridgehead atoms. The van der Waals surface area contributed by atoms with Gasteiger partial charge in [0.25, 0.3) is 0 Å². The summed E-state index contributed by atoms with van der Waals surface area (Å²) in [5.74, 6) is -0.373. The van der Waals surface area contributed by atoms with Crippen LogP contribution in [0.1, 0.15) is 191 Å². The topological polar surface area (TPSA) is 143 Å². The minimum absolute atomic E-state index is 0. The fourth-order valence-electron chi connectivity index (χ4n) is 10.2. The summed E-state index contributed by atoms with van der Waals surface area (Å²) in [7, 11) is 1.28. The summed E-state index contributed by atoms with van der Waals surface area (Å²) in [6.45, 7) is 21.9. The van der Waals surface area contributed by atoms with Crippen molar-refractivity contribution in [3.8, 4) is 0 Å². The number of hydrogen-bond acceptors (Lipinski definition) is 6. The minimum atomic E-state index is -1.25. The van der Waals surface area contributed by atoms with Crippen LogP contribution in [0.4, 0.5) is 0 Å². The number of Topliss-reactive ketones (excluding diaryl/α,β-unsaturated/α-hetero) is 1. The van der Waals surface area contributed by atoms with E-state index in [-0.39, 0.29) is 53.1 Å². The Labute approximate surface area is 403 Å². The predicted molar refractivity (Wildman–Crippen MR) is 260 cm³/mol. The van der Waals surface area contributed by atoms with Gasteiger partial charge in [-0.3, -0.25) is 19.2 Å². The van der Waals surface area contributed by atoms with E-state index in [0.717, 1.165) is 53.4 Å². The van der Waals surface area contributed by atoms with Crippen molar-refractivity contribution in [3.05, 3.63) is 83.6 Å². The molecule has 348 valence electrons. The average Bonchev–Trinajstić information content (AvgIpc) is 3.99. The van der Waals surface area contributed by atoms with Gasteiger partial charge in [-0.05, 0) is 75.5 Å². The number of aldehydes is 1. The number of carbonyl (C=O) groups excluding carboxylic acids is 4. The summed E-state index contributed by atoms with van der Waals surface area (Å²) in [6.07, 6.45) is 20.0. The van der Waals surface area contributed by atoms with Crippen LogP contribution in [0.2, 0.25) is 0 Å². The Morgan fingerprint density at radius 1 is 0.769 bits per heavy atom. The van der Waals surface area contributed by atoms with Crippen molar-refractivity contribution in [1.29, 1.82) is 0 Å². The van der Waals surface area contributed by atoms with Gasteiger partial charge in [-0.25, -0.2) is 0 Å². The summed E-state index contributed by atoms with van der Waals surface area (Å²) in [4.78, 5) is 68.8. The van der Waals surface area contributed by atoms with Gasteiger partial charge in [0.05, 0.1) is 13.7 Å². The molecule has 0 spiro atoms. The molecule has 3 aliphatic rings. The fraction of sp³-hybridized carbons (Fsp3) is 0.593. The quantitative estimate of drug-likeness (QED) is 0.0442. The van der Waals surface area contributed by atoms with Crippen LogP contribution in [0, 0.1) is 62.2 Å². The number of hydrogen-bond donors (Lipinski definition) is 0. The molecule has 0 unspecified atom stereocenters. The van der Waals surface area contributed by atoms with Gasteiger partial charge in [-0.1, -0.05) is 152 Å². The number of esters is 2. The van der Waals surface area contributed by atoms with Gasteiger partial charge in [0.1, 0.15) is 12.2 Å². The molecule has 6 atom stereocenters. The molecule has 1 saturated heterocycles. The molecule has 65 heavy (non-hydrogen) atoms. The smallest absolute Gasteiger partial charge is 0.664 e. The van der Waals surface area contributed by atoms with Crippen LogP contribution in [-0.2, 0) is 25.5 Å². The summed E-state index contributed by atoms with van der Waals surface area (Å²) in [6, 6.07) is 0. The number of ketones is 1. The fourth-order valence-corrected chi connectivity index (χ4v) is 10.2. The number of aromatic nitrogens is 3. The first kappa shape index (κ1) is 51.9. The first-order valence-electron chi connectivity index (χ1n) is 24.2. The van der Waals surface area contributed by atoms with Crippen molar-refractivity contribution in [2.24, 2.45) is 41.4 Å². The Kier molecular flexibility index (Phi) is 18.4. The van der Waals surface area contributed by atoms with Crippen LogP contribution in [0.25, 0.3) is 29.1 Å². The van der Waals surface area contributed by atoms with Crippen LogP contribution < -0.4 is 25.7 Å². The first-order valence-corrected chi connectivity index (χ1v) is 24.2. The molecule has 3 aromatic rings. The van der Waals surface area contributed by atoms with Gasteiger partial charge in [-0.2, -0.15) is 11.4 Å². The number of carbonyl (C=O) groups is 4. The van der Waals surface area contributed by atoms with E-state index in [4.69, 9.17) is 29.7 Å². The molecule has 10 nitrogen and oxygen atoms in total. The normalized spacial score (nSPS) is 21.9. The van der Waals surface area contributed by atoms with Gasteiger partial charge >= 0.3 is 35.0 Å². The molecule has 0 aromatic carbocycles. The largest absolute Gasteiger partial charge is 2.00 e. The Bertz CT molecular complexity index is 2390. The van der Waals surface area contributed by atoms with Crippen LogP contribution in [-0.4, -0.2) is 60.8 Å². The van der Waals surface area contributed by atoms with Crippen molar-refractivity contribution in [1.82, 2.24) is 15.0 Å². The Morgan fingerprint density at radius 3 is 1.97 bits per heavy atom. The zero-order valence-electron chi connectivity index (χ0n) is 41.2. The molecule has 11 heteroatoms. The van der Waals surface area contributed by atoms with E-state index in [0.29, 0.717) is 92.7 Å². The minimum Gasteiger partial charge on any atom is -0.664 e. The van der Waals surface area contributed by atoms with E-state index in [1.807, 2.05) is 45.9 Å². The molecule has 6 rings (SSSR count). The molecule has 0 radical (unpaired) electrons. The number of ether oxygens (including phenoxy) is 2. The van der Waals surface area contributed by atoms with E-state index in [1.54, 1.807) is 0 Å². The zero-order valence-corrected chi connectivity index (χ0v) is 42.6. The SMILES string of the molecule is CCc1c(C)/c2[n-]/c1=C\c1[n-]c3c(c1C)C(=O)[C@H](C(=O)OC)/C3=C1/[N-]/C(=C\c3[n-]c(c(C=O)c3C)\C=2)[C@@H](C)[C@@H]1CCC(=O)OCC[C@H](C)CCC[C@H](C)CCC[C@H](C)CCCC(C)C.[Mg+2]. The average molecular weight is 897 g/mol. The van der Waals surface area contributed by atoms with Crippen LogP contribution >= 0.6 is 0 Å². The number of allylic oxidation sites excluding steroid dienone is 2. The van der Waals surface area contributed by atoms with E-state index in [1.165, 1.54) is 58.5 Å². The van der Waals surface area contributed by atoms with E-state index < -0.39 is 11.9 Å². The molecule has 1 aliphatic carbocycles. The molecule has 1 fully saturated rings. The molecule has 5 heterocycles. The Balaban J connectivity index is 0.00000793. The van der Waals surface area contributed by atoms with Crippen molar-refractivity contribution in [2.45, 2.75) is 153 Å². The molecule has 2 aliphatic heterocycles. The second-order valence-corrected chi connectivity index (χ2v) is 19.8. The maximum Gasteiger partial charge on any atom is 2.00 e. The van der Waals surface area contributed by atoms with E-state index >= 15 is 0 Å². The van der Waals surface area contributed by atoms with Crippen molar-refractivity contribution >= 4 is 70.9 Å². The van der Waals surface area contributed by atoms with E-state index in [9.17, 15) is 19.2 Å². The maximum atomic E-state index is 14.3.